The first kappa shape index (κ1) is 25.8. The Labute approximate surface area is 217 Å². The Morgan fingerprint density at radius 3 is 2.41 bits per heavy atom. The quantitative estimate of drug-likeness (QED) is 0.258. The van der Waals surface area contributed by atoms with E-state index in [0.29, 0.717) is 38.7 Å². The topological polar surface area (TPSA) is 96.2 Å². The molecule has 1 atom stereocenters. The van der Waals surface area contributed by atoms with E-state index in [9.17, 15) is 14.4 Å². The van der Waals surface area contributed by atoms with Crippen molar-refractivity contribution in [2.24, 2.45) is 4.99 Å². The summed E-state index contributed by atoms with van der Waals surface area (Å²) in [5.41, 5.74) is 1.96. The fourth-order valence-electron chi connectivity index (χ4n) is 3.96. The van der Waals surface area contributed by atoms with Gasteiger partial charge in [0.05, 0.1) is 28.5 Å². The molecule has 0 amide bonds. The summed E-state index contributed by atoms with van der Waals surface area (Å²) in [6.45, 7) is 9.00. The molecule has 0 radical (unpaired) electrons. The summed E-state index contributed by atoms with van der Waals surface area (Å²) in [5, 5.41) is 0. The van der Waals surface area contributed by atoms with E-state index in [1.54, 1.807) is 50.3 Å². The Balaban J connectivity index is 1.82. The number of rotatable bonds is 8. The molecule has 2 aromatic carbocycles. The van der Waals surface area contributed by atoms with Crippen molar-refractivity contribution in [3.63, 3.8) is 0 Å². The molecule has 37 heavy (non-hydrogen) atoms. The van der Waals surface area contributed by atoms with Gasteiger partial charge in [0.1, 0.15) is 18.1 Å². The average Bonchev–Trinajstić information content (AvgIpc) is 3.17. The fourth-order valence-corrected chi connectivity index (χ4v) is 5.00. The maximum atomic E-state index is 13.7. The van der Waals surface area contributed by atoms with Crippen LogP contribution in [0.5, 0.6) is 11.5 Å². The summed E-state index contributed by atoms with van der Waals surface area (Å²) in [6, 6.07) is 13.3. The zero-order chi connectivity index (χ0) is 26.5. The van der Waals surface area contributed by atoms with Crippen molar-refractivity contribution in [2.45, 2.75) is 26.8 Å². The Morgan fingerprint density at radius 2 is 1.78 bits per heavy atom. The predicted molar refractivity (Wildman–Crippen MR) is 140 cm³/mol. The van der Waals surface area contributed by atoms with Crippen LogP contribution in [0.1, 0.15) is 37.9 Å². The Kier molecular flexibility index (Phi) is 7.83. The van der Waals surface area contributed by atoms with Gasteiger partial charge in [-0.3, -0.25) is 14.2 Å². The summed E-state index contributed by atoms with van der Waals surface area (Å²) >= 11 is 1.24. The van der Waals surface area contributed by atoms with Crippen LogP contribution in [-0.2, 0) is 14.3 Å². The van der Waals surface area contributed by atoms with Gasteiger partial charge < -0.3 is 14.2 Å². The number of ether oxygens (including phenoxy) is 3. The molecule has 9 heteroatoms. The van der Waals surface area contributed by atoms with Crippen LogP contribution in [0.25, 0.3) is 6.08 Å². The van der Waals surface area contributed by atoms with Crippen molar-refractivity contribution in [1.82, 2.24) is 4.57 Å². The molecule has 0 saturated carbocycles. The van der Waals surface area contributed by atoms with Crippen molar-refractivity contribution < 1.29 is 23.8 Å². The lowest BCUT2D eigenvalue weighted by atomic mass is 9.96. The molecule has 0 saturated heterocycles. The third-order valence-corrected chi connectivity index (χ3v) is 6.50. The van der Waals surface area contributed by atoms with Crippen LogP contribution in [0.4, 0.5) is 0 Å². The summed E-state index contributed by atoms with van der Waals surface area (Å²) in [5.74, 6) is 0.0826. The van der Waals surface area contributed by atoms with Crippen LogP contribution in [0.2, 0.25) is 0 Å². The van der Waals surface area contributed by atoms with Crippen LogP contribution in [0.15, 0.2) is 82.2 Å². The van der Waals surface area contributed by atoms with Crippen LogP contribution < -0.4 is 24.4 Å². The second kappa shape index (κ2) is 11.2. The van der Waals surface area contributed by atoms with Crippen molar-refractivity contribution >= 4 is 29.4 Å². The van der Waals surface area contributed by atoms with Crippen molar-refractivity contribution in [3.8, 4) is 11.5 Å². The van der Waals surface area contributed by atoms with Crippen LogP contribution in [0, 0.1) is 0 Å². The number of carbonyl (C=O) groups is 2. The highest BCUT2D eigenvalue weighted by atomic mass is 32.1. The molecular formula is C28H26N2O6S. The molecule has 2 heterocycles. The molecule has 0 unspecified atom stereocenters. The standard InChI is InChI=1S/C28H26N2O6S/c1-5-15-35-21-11-7-19(8-12-21)16-23-26(32)30-25(20-9-13-22(14-10-20)36-18(4)31)24(27(33)34-6-2)17(3)29-28(30)37-23/h5,7-14,16,25H,1,6,15H2,2-4H3/t25-/m0/s1. The van der Waals surface area contributed by atoms with Gasteiger partial charge in [0, 0.05) is 6.92 Å². The van der Waals surface area contributed by atoms with E-state index in [0.717, 1.165) is 5.56 Å². The monoisotopic (exact) mass is 518 g/mol. The van der Waals surface area contributed by atoms with E-state index in [4.69, 9.17) is 14.2 Å². The molecule has 190 valence electrons. The number of carbonyl (C=O) groups excluding carboxylic acids is 2. The molecule has 1 aliphatic rings. The van der Waals surface area contributed by atoms with E-state index in [2.05, 4.69) is 11.6 Å². The molecule has 3 aromatic rings. The van der Waals surface area contributed by atoms with Crippen LogP contribution in [-0.4, -0.2) is 29.7 Å². The van der Waals surface area contributed by atoms with Crippen molar-refractivity contribution in [3.05, 3.63) is 103 Å². The van der Waals surface area contributed by atoms with Gasteiger partial charge in [-0.15, -0.1) is 0 Å². The molecule has 0 fully saturated rings. The summed E-state index contributed by atoms with van der Waals surface area (Å²) in [7, 11) is 0. The minimum absolute atomic E-state index is 0.185. The number of hydrogen-bond acceptors (Lipinski definition) is 8. The van der Waals surface area contributed by atoms with Gasteiger partial charge in [0.25, 0.3) is 5.56 Å². The first-order valence-electron chi connectivity index (χ1n) is 11.6. The predicted octanol–water partition coefficient (Wildman–Crippen LogP) is 3.29. The molecule has 4 rings (SSSR count). The highest BCUT2D eigenvalue weighted by Crippen LogP contribution is 2.31. The molecular weight excluding hydrogens is 492 g/mol. The lowest BCUT2D eigenvalue weighted by Crippen LogP contribution is -2.39. The van der Waals surface area contributed by atoms with Crippen molar-refractivity contribution in [2.75, 3.05) is 13.2 Å². The number of esters is 2. The average molecular weight is 519 g/mol. The lowest BCUT2D eigenvalue weighted by molar-refractivity contribution is -0.139. The largest absolute Gasteiger partial charge is 0.490 e. The zero-order valence-corrected chi connectivity index (χ0v) is 21.5. The molecule has 1 aromatic heterocycles. The number of nitrogens with zero attached hydrogens (tertiary/aromatic N) is 2. The van der Waals surface area contributed by atoms with E-state index in [1.807, 2.05) is 24.3 Å². The second-order valence-electron chi connectivity index (χ2n) is 8.13. The maximum Gasteiger partial charge on any atom is 0.338 e. The van der Waals surface area contributed by atoms with Gasteiger partial charge in [-0.1, -0.05) is 48.3 Å². The third kappa shape index (κ3) is 5.62. The molecule has 0 bridgehead atoms. The zero-order valence-electron chi connectivity index (χ0n) is 20.7. The van der Waals surface area contributed by atoms with Crippen LogP contribution >= 0.6 is 11.3 Å². The van der Waals surface area contributed by atoms with Gasteiger partial charge in [0.2, 0.25) is 0 Å². The Morgan fingerprint density at radius 1 is 1.11 bits per heavy atom. The van der Waals surface area contributed by atoms with Gasteiger partial charge in [0.15, 0.2) is 4.80 Å². The van der Waals surface area contributed by atoms with Gasteiger partial charge in [-0.2, -0.15) is 0 Å². The minimum Gasteiger partial charge on any atom is -0.490 e. The molecule has 1 aliphatic heterocycles. The number of allylic oxidation sites excluding steroid dienone is 1. The lowest BCUT2D eigenvalue weighted by Gasteiger charge is -2.24. The number of aromatic nitrogens is 1. The molecule has 0 spiro atoms. The number of hydrogen-bond donors (Lipinski definition) is 0. The Bertz CT molecular complexity index is 1550. The highest BCUT2D eigenvalue weighted by molar-refractivity contribution is 7.07. The smallest absolute Gasteiger partial charge is 0.338 e. The third-order valence-electron chi connectivity index (χ3n) is 5.52. The summed E-state index contributed by atoms with van der Waals surface area (Å²) < 4.78 is 18.0. The van der Waals surface area contributed by atoms with Gasteiger partial charge in [-0.25, -0.2) is 9.79 Å². The normalized spacial score (nSPS) is 15.0. The SMILES string of the molecule is C=CCOc1ccc(C=c2sc3n(c2=O)[C@@H](c2ccc(OC(C)=O)cc2)C(C(=O)OCC)=C(C)N=3)cc1. The minimum atomic E-state index is -0.751. The fraction of sp³-hybridized carbons (Fsp3) is 0.214. The van der Waals surface area contributed by atoms with Gasteiger partial charge >= 0.3 is 11.9 Å². The summed E-state index contributed by atoms with van der Waals surface area (Å²) in [6.07, 6.45) is 3.45. The Hall–Kier alpha value is -4.24. The summed E-state index contributed by atoms with van der Waals surface area (Å²) in [4.78, 5) is 43.0. The van der Waals surface area contributed by atoms with Gasteiger partial charge in [-0.05, 0) is 55.3 Å². The number of thiazole rings is 1. The van der Waals surface area contributed by atoms with E-state index in [-0.39, 0.29) is 17.7 Å². The molecule has 8 nitrogen and oxygen atoms in total. The number of benzene rings is 2. The van der Waals surface area contributed by atoms with E-state index >= 15 is 0 Å². The molecule has 0 N–H and O–H groups in total. The number of fused-ring (bicyclic) bond motifs is 1. The second-order valence-corrected chi connectivity index (χ2v) is 9.14. The first-order chi connectivity index (χ1) is 17.8. The van der Waals surface area contributed by atoms with Crippen molar-refractivity contribution in [1.29, 1.82) is 0 Å². The maximum absolute atomic E-state index is 13.7. The van der Waals surface area contributed by atoms with E-state index in [1.165, 1.54) is 22.8 Å². The molecule has 0 aliphatic carbocycles. The first-order valence-corrected chi connectivity index (χ1v) is 12.5. The van der Waals surface area contributed by atoms with E-state index < -0.39 is 18.0 Å². The van der Waals surface area contributed by atoms with Crippen LogP contribution in [0.3, 0.4) is 0 Å². The highest BCUT2D eigenvalue weighted by Gasteiger charge is 2.33.